The van der Waals surface area contributed by atoms with Crippen molar-refractivity contribution in [3.63, 3.8) is 0 Å². The lowest BCUT2D eigenvalue weighted by molar-refractivity contribution is 0.0981. The van der Waals surface area contributed by atoms with E-state index in [-0.39, 0.29) is 18.7 Å². The Bertz CT molecular complexity index is 1050. The molecule has 2 aliphatic heterocycles. The van der Waals surface area contributed by atoms with Crippen molar-refractivity contribution in [1.82, 2.24) is 4.98 Å². The summed E-state index contributed by atoms with van der Waals surface area (Å²) in [6, 6.07) is 17.4. The molecule has 1 unspecified atom stereocenters. The number of pyridine rings is 1. The van der Waals surface area contributed by atoms with Crippen molar-refractivity contribution in [2.45, 2.75) is 19.4 Å². The Labute approximate surface area is 162 Å². The minimum atomic E-state index is -0.0282. The zero-order valence-electron chi connectivity index (χ0n) is 15.4. The number of benzene rings is 2. The third kappa shape index (κ3) is 2.83. The lowest BCUT2D eigenvalue weighted by atomic mass is 10.1. The summed E-state index contributed by atoms with van der Waals surface area (Å²) >= 11 is 0. The van der Waals surface area contributed by atoms with Crippen LogP contribution in [0.3, 0.4) is 0 Å². The molecule has 1 atom stereocenters. The maximum absolute atomic E-state index is 13.1. The molecule has 6 nitrogen and oxygen atoms in total. The quantitative estimate of drug-likeness (QED) is 0.747. The number of nitrogens with zero attached hydrogens (tertiary/aromatic N) is 2. The Hall–Kier alpha value is -3.54. The summed E-state index contributed by atoms with van der Waals surface area (Å²) in [5.41, 5.74) is 3.61. The molecule has 0 aliphatic carbocycles. The molecule has 2 aliphatic rings. The van der Waals surface area contributed by atoms with Crippen LogP contribution in [-0.4, -0.2) is 23.7 Å². The van der Waals surface area contributed by atoms with E-state index in [1.807, 2.05) is 47.4 Å². The standard InChI is InChI=1S/C22H19N3O3/c1-14-10-15-4-2-3-5-18(15)25(14)22(26)16-6-9-21(23-12-16)24-17-7-8-19-20(11-17)28-13-27-19/h2-9,11-12,14H,10,13H2,1H3,(H,23,24). The third-order valence-electron chi connectivity index (χ3n) is 5.08. The Kier molecular flexibility index (Phi) is 3.90. The van der Waals surface area contributed by atoms with E-state index in [1.54, 1.807) is 12.3 Å². The topological polar surface area (TPSA) is 63.7 Å². The number of hydrogen-bond acceptors (Lipinski definition) is 5. The van der Waals surface area contributed by atoms with Gasteiger partial charge in [-0.3, -0.25) is 4.79 Å². The molecule has 0 spiro atoms. The monoisotopic (exact) mass is 373 g/mol. The number of nitrogens with one attached hydrogen (secondary N) is 1. The van der Waals surface area contributed by atoms with Gasteiger partial charge in [0.05, 0.1) is 5.56 Å². The highest BCUT2D eigenvalue weighted by molar-refractivity contribution is 6.07. The lowest BCUT2D eigenvalue weighted by Gasteiger charge is -2.22. The summed E-state index contributed by atoms with van der Waals surface area (Å²) in [6.07, 6.45) is 2.49. The largest absolute Gasteiger partial charge is 0.454 e. The van der Waals surface area contributed by atoms with Gasteiger partial charge in [-0.25, -0.2) is 4.98 Å². The SMILES string of the molecule is CC1Cc2ccccc2N1C(=O)c1ccc(Nc2ccc3c(c2)OCO3)nc1. The predicted octanol–water partition coefficient (Wildman–Crippen LogP) is 4.15. The first-order chi connectivity index (χ1) is 13.7. The molecule has 1 N–H and O–H groups in total. The van der Waals surface area contributed by atoms with Gasteiger partial charge in [0.2, 0.25) is 6.79 Å². The van der Waals surface area contributed by atoms with Crippen LogP contribution in [0.4, 0.5) is 17.2 Å². The van der Waals surface area contributed by atoms with E-state index in [0.29, 0.717) is 17.1 Å². The molecular weight excluding hydrogens is 354 g/mol. The van der Waals surface area contributed by atoms with E-state index in [2.05, 4.69) is 23.3 Å². The second-order valence-electron chi connectivity index (χ2n) is 6.98. The summed E-state index contributed by atoms with van der Waals surface area (Å²) in [5.74, 6) is 2.07. The van der Waals surface area contributed by atoms with Crippen molar-refractivity contribution in [2.75, 3.05) is 17.0 Å². The van der Waals surface area contributed by atoms with Crippen molar-refractivity contribution in [1.29, 1.82) is 0 Å². The average Bonchev–Trinajstić information content (AvgIpc) is 3.31. The Balaban J connectivity index is 1.34. The molecule has 5 rings (SSSR count). The zero-order valence-corrected chi connectivity index (χ0v) is 15.4. The molecule has 0 saturated carbocycles. The molecule has 1 aromatic heterocycles. The van der Waals surface area contributed by atoms with Crippen LogP contribution in [0, 0.1) is 0 Å². The number of rotatable bonds is 3. The number of para-hydroxylation sites is 1. The highest BCUT2D eigenvalue weighted by Crippen LogP contribution is 2.35. The fraction of sp³-hybridized carbons (Fsp3) is 0.182. The molecule has 6 heteroatoms. The Morgan fingerprint density at radius 2 is 1.96 bits per heavy atom. The van der Waals surface area contributed by atoms with E-state index in [1.165, 1.54) is 5.56 Å². The van der Waals surface area contributed by atoms with E-state index in [9.17, 15) is 4.79 Å². The molecule has 3 aromatic rings. The first-order valence-corrected chi connectivity index (χ1v) is 9.23. The zero-order chi connectivity index (χ0) is 19.1. The van der Waals surface area contributed by atoms with Gasteiger partial charge in [0.25, 0.3) is 5.91 Å². The van der Waals surface area contributed by atoms with Gasteiger partial charge in [-0.15, -0.1) is 0 Å². The van der Waals surface area contributed by atoms with Crippen molar-refractivity contribution >= 4 is 23.1 Å². The number of carbonyl (C=O) groups is 1. The number of hydrogen-bond donors (Lipinski definition) is 1. The van der Waals surface area contributed by atoms with Crippen LogP contribution in [0.2, 0.25) is 0 Å². The molecule has 28 heavy (non-hydrogen) atoms. The molecule has 0 saturated heterocycles. The predicted molar refractivity (Wildman–Crippen MR) is 107 cm³/mol. The summed E-state index contributed by atoms with van der Waals surface area (Å²) < 4.78 is 10.7. The van der Waals surface area contributed by atoms with Crippen LogP contribution in [0.5, 0.6) is 11.5 Å². The van der Waals surface area contributed by atoms with Crippen molar-refractivity contribution in [3.8, 4) is 11.5 Å². The van der Waals surface area contributed by atoms with Crippen LogP contribution >= 0.6 is 0 Å². The van der Waals surface area contributed by atoms with Gasteiger partial charge >= 0.3 is 0 Å². The molecule has 0 fully saturated rings. The first-order valence-electron chi connectivity index (χ1n) is 9.23. The van der Waals surface area contributed by atoms with Gasteiger partial charge in [-0.2, -0.15) is 0 Å². The number of amides is 1. The number of fused-ring (bicyclic) bond motifs is 2. The van der Waals surface area contributed by atoms with Gasteiger partial charge in [-0.05, 0) is 49.2 Å². The van der Waals surface area contributed by atoms with E-state index < -0.39 is 0 Å². The molecule has 0 bridgehead atoms. The Morgan fingerprint density at radius 3 is 2.82 bits per heavy atom. The second-order valence-corrected chi connectivity index (χ2v) is 6.98. The highest BCUT2D eigenvalue weighted by atomic mass is 16.7. The lowest BCUT2D eigenvalue weighted by Crippen LogP contribution is -2.35. The molecule has 2 aromatic carbocycles. The molecule has 3 heterocycles. The van der Waals surface area contributed by atoms with Crippen LogP contribution in [0.1, 0.15) is 22.8 Å². The van der Waals surface area contributed by atoms with Gasteiger partial charge in [0.15, 0.2) is 11.5 Å². The number of carbonyl (C=O) groups excluding carboxylic acids is 1. The van der Waals surface area contributed by atoms with Crippen molar-refractivity contribution < 1.29 is 14.3 Å². The minimum Gasteiger partial charge on any atom is -0.454 e. The Morgan fingerprint density at radius 1 is 1.11 bits per heavy atom. The summed E-state index contributed by atoms with van der Waals surface area (Å²) in [5, 5.41) is 3.22. The van der Waals surface area contributed by atoms with Crippen molar-refractivity contribution in [2.24, 2.45) is 0 Å². The summed E-state index contributed by atoms with van der Waals surface area (Å²) in [4.78, 5) is 19.3. The smallest absolute Gasteiger partial charge is 0.260 e. The summed E-state index contributed by atoms with van der Waals surface area (Å²) in [6.45, 7) is 2.31. The van der Waals surface area contributed by atoms with Crippen LogP contribution in [-0.2, 0) is 6.42 Å². The number of anilines is 3. The molecule has 1 amide bonds. The van der Waals surface area contributed by atoms with Crippen molar-refractivity contribution in [3.05, 3.63) is 71.9 Å². The maximum Gasteiger partial charge on any atom is 0.260 e. The molecule has 140 valence electrons. The number of ether oxygens (including phenoxy) is 2. The number of aromatic nitrogens is 1. The van der Waals surface area contributed by atoms with Gasteiger partial charge < -0.3 is 19.7 Å². The van der Waals surface area contributed by atoms with Gasteiger partial charge in [-0.1, -0.05) is 18.2 Å². The highest BCUT2D eigenvalue weighted by Gasteiger charge is 2.31. The van der Waals surface area contributed by atoms with E-state index in [4.69, 9.17) is 9.47 Å². The third-order valence-corrected chi connectivity index (χ3v) is 5.08. The second kappa shape index (κ2) is 6.56. The fourth-order valence-electron chi connectivity index (χ4n) is 3.73. The average molecular weight is 373 g/mol. The molecular formula is C22H19N3O3. The fourth-order valence-corrected chi connectivity index (χ4v) is 3.73. The van der Waals surface area contributed by atoms with Crippen LogP contribution in [0.15, 0.2) is 60.8 Å². The molecule has 0 radical (unpaired) electrons. The maximum atomic E-state index is 13.1. The van der Waals surface area contributed by atoms with E-state index >= 15 is 0 Å². The first kappa shape index (κ1) is 16.6. The minimum absolute atomic E-state index is 0.0282. The summed E-state index contributed by atoms with van der Waals surface area (Å²) in [7, 11) is 0. The van der Waals surface area contributed by atoms with Gasteiger partial charge in [0.1, 0.15) is 5.82 Å². The normalized spacial score (nSPS) is 16.8. The van der Waals surface area contributed by atoms with Gasteiger partial charge in [0, 0.05) is 29.7 Å². The van der Waals surface area contributed by atoms with E-state index in [0.717, 1.165) is 23.5 Å². The van der Waals surface area contributed by atoms with Crippen LogP contribution in [0.25, 0.3) is 0 Å². The van der Waals surface area contributed by atoms with Crippen LogP contribution < -0.4 is 19.7 Å².